The number of carbonyl (C=O) groups is 1. The average Bonchev–Trinajstić information content (AvgIpc) is 3.00. The molecule has 0 bridgehead atoms. The Kier molecular flexibility index (Phi) is 6.44. The number of likely N-dealkylation sites (tertiary alicyclic amines) is 1. The molecule has 2 aromatic rings. The molecule has 2 aliphatic rings. The van der Waals surface area contributed by atoms with E-state index in [1.54, 1.807) is 23.1 Å². The quantitative estimate of drug-likeness (QED) is 0.499. The number of hydrogen-bond donors (Lipinski definition) is 1. The van der Waals surface area contributed by atoms with Crippen molar-refractivity contribution in [3.8, 4) is 0 Å². The molecule has 0 aromatic heterocycles. The third-order valence-corrected chi connectivity index (χ3v) is 6.85. The fourth-order valence-corrected chi connectivity index (χ4v) is 4.91. The maximum Gasteiger partial charge on any atom is 0.410 e. The zero-order chi connectivity index (χ0) is 21.3. The lowest BCUT2D eigenvalue weighted by Crippen LogP contribution is -2.49. The van der Waals surface area contributed by atoms with Crippen LogP contribution in [0.25, 0.3) is 0 Å². The van der Waals surface area contributed by atoms with Gasteiger partial charge in [-0.1, -0.05) is 51.3 Å². The Morgan fingerprint density at radius 1 is 1.20 bits per heavy atom. The van der Waals surface area contributed by atoms with E-state index in [0.29, 0.717) is 47.0 Å². The summed E-state index contributed by atoms with van der Waals surface area (Å²) < 4.78 is 6.83. The molecule has 2 saturated heterocycles. The van der Waals surface area contributed by atoms with Crippen LogP contribution in [0.4, 0.5) is 10.5 Å². The highest BCUT2D eigenvalue weighted by atomic mass is 79.9. The standard InChI is InChI=1S/C21H20BrCl2N3O2S/c22-15-3-1-2-14(10-15)12-27-13-21(29-20(27)28)6-8-26(9-7-21)19(30)25-18-11-16(23)4-5-17(18)24/h1-5,10-11H,6-9,12-13H2,(H,25,30). The molecule has 2 heterocycles. The van der Waals surface area contributed by atoms with Gasteiger partial charge in [0.2, 0.25) is 0 Å². The molecule has 30 heavy (non-hydrogen) atoms. The van der Waals surface area contributed by atoms with Crippen LogP contribution in [-0.2, 0) is 11.3 Å². The first-order valence-corrected chi connectivity index (χ1v) is 11.5. The molecule has 5 nitrogen and oxygen atoms in total. The Labute approximate surface area is 199 Å². The Morgan fingerprint density at radius 2 is 1.97 bits per heavy atom. The molecule has 9 heteroatoms. The number of ether oxygens (including phenoxy) is 1. The topological polar surface area (TPSA) is 44.8 Å². The number of nitrogens with one attached hydrogen (secondary N) is 1. The summed E-state index contributed by atoms with van der Waals surface area (Å²) in [6.07, 6.45) is 1.19. The number of carbonyl (C=O) groups excluding carboxylic acids is 1. The molecule has 0 atom stereocenters. The minimum atomic E-state index is -0.455. The second kappa shape index (κ2) is 8.91. The van der Waals surface area contributed by atoms with Gasteiger partial charge in [-0.15, -0.1) is 0 Å². The number of anilines is 1. The van der Waals surface area contributed by atoms with Gasteiger partial charge in [-0.05, 0) is 48.1 Å². The van der Waals surface area contributed by atoms with Crippen molar-refractivity contribution in [2.24, 2.45) is 0 Å². The van der Waals surface area contributed by atoms with Crippen LogP contribution in [0.5, 0.6) is 0 Å². The molecule has 0 unspecified atom stereocenters. The van der Waals surface area contributed by atoms with Gasteiger partial charge in [-0.2, -0.15) is 0 Å². The average molecular weight is 529 g/mol. The van der Waals surface area contributed by atoms with Crippen LogP contribution in [0.1, 0.15) is 18.4 Å². The van der Waals surface area contributed by atoms with Crippen molar-refractivity contribution in [3.63, 3.8) is 0 Å². The summed E-state index contributed by atoms with van der Waals surface area (Å²) in [7, 11) is 0. The van der Waals surface area contributed by atoms with Gasteiger partial charge >= 0.3 is 6.09 Å². The first kappa shape index (κ1) is 21.7. The van der Waals surface area contributed by atoms with Crippen molar-refractivity contribution in [3.05, 3.63) is 62.5 Å². The molecule has 2 fully saturated rings. The van der Waals surface area contributed by atoms with Crippen LogP contribution in [0, 0.1) is 0 Å². The van der Waals surface area contributed by atoms with Crippen molar-refractivity contribution >= 4 is 68.2 Å². The molecule has 1 N–H and O–H groups in total. The highest BCUT2D eigenvalue weighted by Gasteiger charge is 2.47. The fourth-order valence-electron chi connectivity index (χ4n) is 3.84. The Bertz CT molecular complexity index is 982. The Hall–Kier alpha value is -1.54. The Morgan fingerprint density at radius 3 is 2.70 bits per heavy atom. The number of benzene rings is 2. The van der Waals surface area contributed by atoms with Crippen molar-refractivity contribution < 1.29 is 9.53 Å². The lowest BCUT2D eigenvalue weighted by atomic mass is 9.91. The first-order valence-electron chi connectivity index (χ1n) is 9.57. The molecule has 1 amide bonds. The Balaban J connectivity index is 1.35. The third kappa shape index (κ3) is 4.85. The number of nitrogens with zero attached hydrogens (tertiary/aromatic N) is 2. The molecule has 4 rings (SSSR count). The molecular formula is C21H20BrCl2N3O2S. The highest BCUT2D eigenvalue weighted by Crippen LogP contribution is 2.34. The van der Waals surface area contributed by atoms with Gasteiger partial charge < -0.3 is 15.0 Å². The van der Waals surface area contributed by atoms with Gasteiger partial charge in [0.25, 0.3) is 0 Å². The van der Waals surface area contributed by atoms with Crippen molar-refractivity contribution in [1.82, 2.24) is 9.80 Å². The molecular weight excluding hydrogens is 509 g/mol. The summed E-state index contributed by atoms with van der Waals surface area (Å²) in [5.41, 5.74) is 1.30. The van der Waals surface area contributed by atoms with Gasteiger partial charge in [0, 0.05) is 42.0 Å². The van der Waals surface area contributed by atoms with Crippen molar-refractivity contribution in [2.45, 2.75) is 25.0 Å². The van der Waals surface area contributed by atoms with E-state index in [1.165, 1.54) is 0 Å². The summed E-state index contributed by atoms with van der Waals surface area (Å²) in [5, 5.41) is 4.91. The maximum absolute atomic E-state index is 12.5. The third-order valence-electron chi connectivity index (χ3n) is 5.44. The number of thiocarbonyl (C=S) groups is 1. The van der Waals surface area contributed by atoms with Crippen LogP contribution in [0.3, 0.4) is 0 Å². The molecule has 0 radical (unpaired) electrons. The predicted octanol–water partition coefficient (Wildman–Crippen LogP) is 5.94. The van der Waals surface area contributed by atoms with Gasteiger partial charge in [0.15, 0.2) is 5.11 Å². The van der Waals surface area contributed by atoms with Crippen LogP contribution in [0.2, 0.25) is 10.0 Å². The summed E-state index contributed by atoms with van der Waals surface area (Å²) >= 11 is 21.3. The molecule has 0 saturated carbocycles. The van der Waals surface area contributed by atoms with Crippen LogP contribution >= 0.6 is 51.3 Å². The van der Waals surface area contributed by atoms with Crippen LogP contribution in [-0.4, -0.2) is 46.2 Å². The summed E-state index contributed by atoms with van der Waals surface area (Å²) in [4.78, 5) is 16.3. The zero-order valence-corrected chi connectivity index (χ0v) is 20.0. The first-order chi connectivity index (χ1) is 14.3. The van der Waals surface area contributed by atoms with Gasteiger partial charge in [0.05, 0.1) is 17.3 Å². The summed E-state index contributed by atoms with van der Waals surface area (Å²) in [6, 6.07) is 13.2. The lowest BCUT2D eigenvalue weighted by Gasteiger charge is -2.38. The van der Waals surface area contributed by atoms with Gasteiger partial charge in [0.1, 0.15) is 5.60 Å². The van der Waals surface area contributed by atoms with E-state index in [4.69, 9.17) is 40.2 Å². The van der Waals surface area contributed by atoms with E-state index in [-0.39, 0.29) is 6.09 Å². The molecule has 2 aliphatic heterocycles. The van der Waals surface area contributed by atoms with Crippen molar-refractivity contribution in [1.29, 1.82) is 0 Å². The monoisotopic (exact) mass is 527 g/mol. The van der Waals surface area contributed by atoms with E-state index in [2.05, 4.69) is 26.1 Å². The second-order valence-corrected chi connectivity index (χ2v) is 9.72. The van der Waals surface area contributed by atoms with Crippen LogP contribution in [0.15, 0.2) is 46.9 Å². The van der Waals surface area contributed by atoms with E-state index < -0.39 is 5.60 Å². The highest BCUT2D eigenvalue weighted by molar-refractivity contribution is 9.10. The van der Waals surface area contributed by atoms with E-state index in [1.807, 2.05) is 24.3 Å². The predicted molar refractivity (Wildman–Crippen MR) is 127 cm³/mol. The van der Waals surface area contributed by atoms with Gasteiger partial charge in [-0.25, -0.2) is 4.79 Å². The largest absolute Gasteiger partial charge is 0.441 e. The summed E-state index contributed by atoms with van der Waals surface area (Å²) in [5.74, 6) is 0. The molecule has 158 valence electrons. The smallest absolute Gasteiger partial charge is 0.410 e. The number of halogens is 3. The maximum atomic E-state index is 12.5. The minimum Gasteiger partial charge on any atom is -0.441 e. The van der Waals surface area contributed by atoms with Crippen molar-refractivity contribution in [2.75, 3.05) is 25.0 Å². The van der Waals surface area contributed by atoms with Gasteiger partial charge in [-0.3, -0.25) is 4.90 Å². The number of hydrogen-bond acceptors (Lipinski definition) is 3. The van der Waals surface area contributed by atoms with E-state index >= 15 is 0 Å². The number of piperidine rings is 1. The zero-order valence-electron chi connectivity index (χ0n) is 16.0. The number of amides is 1. The van der Waals surface area contributed by atoms with E-state index in [0.717, 1.165) is 22.9 Å². The number of rotatable bonds is 3. The normalized spacial score (nSPS) is 17.9. The van der Waals surface area contributed by atoms with E-state index in [9.17, 15) is 4.79 Å². The fraction of sp³-hybridized carbons (Fsp3) is 0.333. The lowest BCUT2D eigenvalue weighted by molar-refractivity contribution is 0.0152. The van der Waals surface area contributed by atoms with Crippen LogP contribution < -0.4 is 5.32 Å². The second-order valence-electron chi connectivity index (χ2n) is 7.58. The summed E-state index contributed by atoms with van der Waals surface area (Å²) in [6.45, 7) is 2.52. The minimum absolute atomic E-state index is 0.255. The SMILES string of the molecule is O=C1OC2(CCN(C(=S)Nc3cc(Cl)ccc3Cl)CC2)CN1Cc1cccc(Br)c1. The molecule has 0 aliphatic carbocycles. The molecule has 2 aromatic carbocycles. The molecule has 1 spiro atoms.